The molecule has 1 aliphatic heterocycles. The first-order valence-electron chi connectivity index (χ1n) is 8.21. The van der Waals surface area contributed by atoms with Crippen LogP contribution in [0.15, 0.2) is 42.6 Å². The van der Waals surface area contributed by atoms with E-state index in [2.05, 4.69) is 14.9 Å². The highest BCUT2D eigenvalue weighted by Gasteiger charge is 2.29. The molecule has 1 fully saturated rings. The maximum absolute atomic E-state index is 12.8. The average Bonchev–Trinajstić information content (AvgIpc) is 2.69. The van der Waals surface area contributed by atoms with Crippen LogP contribution in [0.2, 0.25) is 0 Å². The predicted molar refractivity (Wildman–Crippen MR) is 93.6 cm³/mol. The number of anilines is 1. The molecular formula is C18H22N4O3. The van der Waals surface area contributed by atoms with E-state index in [0.717, 1.165) is 5.56 Å². The fourth-order valence-corrected chi connectivity index (χ4v) is 2.90. The van der Waals surface area contributed by atoms with Crippen LogP contribution in [-0.4, -0.2) is 61.2 Å². The van der Waals surface area contributed by atoms with Crippen LogP contribution >= 0.6 is 0 Å². The molecule has 0 radical (unpaired) electrons. The Morgan fingerprint density at radius 1 is 1.08 bits per heavy atom. The van der Waals surface area contributed by atoms with Gasteiger partial charge < -0.3 is 19.3 Å². The van der Waals surface area contributed by atoms with Crippen molar-refractivity contribution in [2.24, 2.45) is 0 Å². The van der Waals surface area contributed by atoms with Crippen molar-refractivity contribution in [3.05, 3.63) is 48.2 Å². The van der Waals surface area contributed by atoms with Gasteiger partial charge in [0.05, 0.1) is 7.11 Å². The van der Waals surface area contributed by atoms with Gasteiger partial charge in [-0.3, -0.25) is 4.79 Å². The van der Waals surface area contributed by atoms with Gasteiger partial charge in [0.2, 0.25) is 11.8 Å². The van der Waals surface area contributed by atoms with Gasteiger partial charge in [0.15, 0.2) is 6.10 Å². The summed E-state index contributed by atoms with van der Waals surface area (Å²) in [5.41, 5.74) is 0.869. The molecule has 1 aliphatic rings. The van der Waals surface area contributed by atoms with E-state index in [0.29, 0.717) is 38.0 Å². The third-order valence-corrected chi connectivity index (χ3v) is 4.26. The molecule has 3 rings (SSSR count). The summed E-state index contributed by atoms with van der Waals surface area (Å²) in [6.07, 6.45) is 1.11. The Balaban J connectivity index is 1.64. The number of aromatic nitrogens is 2. The van der Waals surface area contributed by atoms with Gasteiger partial charge in [0.25, 0.3) is 5.91 Å². The highest BCUT2D eigenvalue weighted by Crippen LogP contribution is 2.21. The molecule has 0 N–H and O–H groups in total. The SMILES string of the molecule is COc1ccnc(N2CCN(C(=O)[C@H](OC)c3ccccc3)CC2)n1. The summed E-state index contributed by atoms with van der Waals surface area (Å²) in [7, 11) is 3.15. The molecule has 1 aromatic heterocycles. The molecule has 0 unspecified atom stereocenters. The third-order valence-electron chi connectivity index (χ3n) is 4.26. The van der Waals surface area contributed by atoms with Gasteiger partial charge in [-0.2, -0.15) is 4.98 Å². The largest absolute Gasteiger partial charge is 0.481 e. The molecule has 1 saturated heterocycles. The quantitative estimate of drug-likeness (QED) is 0.821. The number of piperazine rings is 1. The summed E-state index contributed by atoms with van der Waals surface area (Å²) in [4.78, 5) is 25.3. The van der Waals surface area contributed by atoms with Crippen molar-refractivity contribution in [3.8, 4) is 5.88 Å². The highest BCUT2D eigenvalue weighted by atomic mass is 16.5. The maximum atomic E-state index is 12.8. The second-order valence-corrected chi connectivity index (χ2v) is 5.74. The Labute approximate surface area is 147 Å². The molecule has 7 heteroatoms. The van der Waals surface area contributed by atoms with Crippen LogP contribution in [-0.2, 0) is 9.53 Å². The Kier molecular flexibility index (Phi) is 5.45. The first-order chi connectivity index (χ1) is 12.2. The molecule has 0 aliphatic carbocycles. The van der Waals surface area contributed by atoms with Crippen molar-refractivity contribution in [2.75, 3.05) is 45.3 Å². The zero-order chi connectivity index (χ0) is 17.6. The zero-order valence-corrected chi connectivity index (χ0v) is 14.5. The first kappa shape index (κ1) is 17.2. The van der Waals surface area contributed by atoms with Gasteiger partial charge in [-0.1, -0.05) is 30.3 Å². The Bertz CT molecular complexity index is 702. The van der Waals surface area contributed by atoms with Crippen LogP contribution in [0.5, 0.6) is 5.88 Å². The molecule has 1 amide bonds. The normalized spacial score (nSPS) is 15.8. The minimum absolute atomic E-state index is 0.0140. The van der Waals surface area contributed by atoms with E-state index >= 15 is 0 Å². The number of carbonyl (C=O) groups excluding carboxylic acids is 1. The Hall–Kier alpha value is -2.67. The molecule has 132 valence electrons. The standard InChI is InChI=1S/C18H22N4O3/c1-24-15-8-9-19-18(20-15)22-12-10-21(11-13-22)17(23)16(25-2)14-6-4-3-5-7-14/h3-9,16H,10-13H2,1-2H3/t16-/m1/s1. The summed E-state index contributed by atoms with van der Waals surface area (Å²) in [5.74, 6) is 1.14. The van der Waals surface area contributed by atoms with Crippen LogP contribution in [0.4, 0.5) is 5.95 Å². The summed E-state index contributed by atoms with van der Waals surface area (Å²) in [6, 6.07) is 11.3. The van der Waals surface area contributed by atoms with Gasteiger partial charge in [-0.25, -0.2) is 4.98 Å². The Morgan fingerprint density at radius 3 is 2.44 bits per heavy atom. The van der Waals surface area contributed by atoms with Crippen LogP contribution < -0.4 is 9.64 Å². The monoisotopic (exact) mass is 342 g/mol. The second-order valence-electron chi connectivity index (χ2n) is 5.74. The number of benzene rings is 1. The van der Waals surface area contributed by atoms with Gasteiger partial charge in [-0.05, 0) is 5.56 Å². The van der Waals surface area contributed by atoms with Crippen molar-refractivity contribution in [3.63, 3.8) is 0 Å². The molecule has 1 atom stereocenters. The lowest BCUT2D eigenvalue weighted by Gasteiger charge is -2.36. The number of amides is 1. The number of nitrogens with zero attached hydrogens (tertiary/aromatic N) is 4. The summed E-state index contributed by atoms with van der Waals surface area (Å²) >= 11 is 0. The van der Waals surface area contributed by atoms with E-state index in [1.165, 1.54) is 0 Å². The van der Waals surface area contributed by atoms with Crippen molar-refractivity contribution in [2.45, 2.75) is 6.10 Å². The fraction of sp³-hybridized carbons (Fsp3) is 0.389. The minimum Gasteiger partial charge on any atom is -0.481 e. The van der Waals surface area contributed by atoms with E-state index in [1.807, 2.05) is 35.2 Å². The van der Waals surface area contributed by atoms with Crippen LogP contribution in [0, 0.1) is 0 Å². The van der Waals surface area contributed by atoms with Crippen LogP contribution in [0.1, 0.15) is 11.7 Å². The van der Waals surface area contributed by atoms with Crippen molar-refractivity contribution in [1.29, 1.82) is 0 Å². The zero-order valence-electron chi connectivity index (χ0n) is 14.5. The third kappa shape index (κ3) is 3.88. The fourth-order valence-electron chi connectivity index (χ4n) is 2.90. The van der Waals surface area contributed by atoms with E-state index < -0.39 is 6.10 Å². The molecule has 1 aromatic carbocycles. The van der Waals surface area contributed by atoms with E-state index in [1.54, 1.807) is 26.5 Å². The number of ether oxygens (including phenoxy) is 2. The Morgan fingerprint density at radius 2 is 1.80 bits per heavy atom. The average molecular weight is 342 g/mol. The number of hydrogen-bond donors (Lipinski definition) is 0. The summed E-state index contributed by atoms with van der Waals surface area (Å²) in [6.45, 7) is 2.55. The molecule has 25 heavy (non-hydrogen) atoms. The number of rotatable bonds is 5. The van der Waals surface area contributed by atoms with Crippen LogP contribution in [0.3, 0.4) is 0 Å². The van der Waals surface area contributed by atoms with E-state index in [4.69, 9.17) is 9.47 Å². The highest BCUT2D eigenvalue weighted by molar-refractivity contribution is 5.82. The van der Waals surface area contributed by atoms with Gasteiger partial charge >= 0.3 is 0 Å². The molecule has 2 aromatic rings. The van der Waals surface area contributed by atoms with Gasteiger partial charge in [-0.15, -0.1) is 0 Å². The van der Waals surface area contributed by atoms with Gasteiger partial charge in [0.1, 0.15) is 0 Å². The number of methoxy groups -OCH3 is 2. The van der Waals surface area contributed by atoms with Gasteiger partial charge in [0, 0.05) is 45.6 Å². The molecule has 2 heterocycles. The molecule has 0 spiro atoms. The minimum atomic E-state index is -0.569. The smallest absolute Gasteiger partial charge is 0.256 e. The predicted octanol–water partition coefficient (Wildman–Crippen LogP) is 1.52. The summed E-state index contributed by atoms with van der Waals surface area (Å²) in [5, 5.41) is 0. The molecule has 0 saturated carbocycles. The first-order valence-corrected chi connectivity index (χ1v) is 8.21. The maximum Gasteiger partial charge on any atom is 0.256 e. The van der Waals surface area contributed by atoms with E-state index in [-0.39, 0.29) is 5.91 Å². The lowest BCUT2D eigenvalue weighted by molar-refractivity contribution is -0.142. The number of hydrogen-bond acceptors (Lipinski definition) is 6. The molecular weight excluding hydrogens is 320 g/mol. The lowest BCUT2D eigenvalue weighted by Crippen LogP contribution is -2.50. The topological polar surface area (TPSA) is 67.8 Å². The van der Waals surface area contributed by atoms with Crippen molar-refractivity contribution >= 4 is 11.9 Å². The summed E-state index contributed by atoms with van der Waals surface area (Å²) < 4.78 is 10.6. The second kappa shape index (κ2) is 7.94. The molecule has 0 bridgehead atoms. The van der Waals surface area contributed by atoms with Crippen LogP contribution in [0.25, 0.3) is 0 Å². The molecule has 7 nitrogen and oxygen atoms in total. The van der Waals surface area contributed by atoms with E-state index in [9.17, 15) is 4.79 Å². The van der Waals surface area contributed by atoms with Crippen molar-refractivity contribution < 1.29 is 14.3 Å². The lowest BCUT2D eigenvalue weighted by atomic mass is 10.1. The van der Waals surface area contributed by atoms with Crippen molar-refractivity contribution in [1.82, 2.24) is 14.9 Å². The number of carbonyl (C=O) groups is 1.